The van der Waals surface area contributed by atoms with E-state index >= 15 is 0 Å². The second-order valence-electron chi connectivity index (χ2n) is 3.61. The molecule has 0 unspecified atom stereocenters. The summed E-state index contributed by atoms with van der Waals surface area (Å²) in [7, 11) is 0. The van der Waals surface area contributed by atoms with E-state index in [0.29, 0.717) is 5.88 Å². The van der Waals surface area contributed by atoms with Crippen molar-refractivity contribution in [3.05, 3.63) is 24.4 Å². The van der Waals surface area contributed by atoms with Crippen LogP contribution in [0, 0.1) is 5.92 Å². The van der Waals surface area contributed by atoms with Crippen LogP contribution >= 0.6 is 12.4 Å². The Bertz CT molecular complexity index is 326. The van der Waals surface area contributed by atoms with Gasteiger partial charge in [0.1, 0.15) is 0 Å². The van der Waals surface area contributed by atoms with Crippen molar-refractivity contribution < 1.29 is 9.53 Å². The highest BCUT2D eigenvalue weighted by atomic mass is 35.5. The second-order valence-corrected chi connectivity index (χ2v) is 3.61. The van der Waals surface area contributed by atoms with Crippen LogP contribution in [0.15, 0.2) is 24.4 Å². The Balaban J connectivity index is 0.00000128. The number of ether oxygens (including phenoxy) is 1. The number of nitrogens with zero attached hydrogens (tertiary/aromatic N) is 1. The normalized spacial score (nSPS) is 16.2. The molecule has 0 saturated carbocycles. The lowest BCUT2D eigenvalue weighted by atomic mass is 9.99. The number of hydrogen-bond acceptors (Lipinski definition) is 4. The van der Waals surface area contributed by atoms with Crippen LogP contribution in [0.4, 0.5) is 0 Å². The molecule has 1 aliphatic rings. The molecule has 88 valence electrons. The van der Waals surface area contributed by atoms with Crippen molar-refractivity contribution >= 4 is 18.4 Å². The molecule has 1 saturated heterocycles. The fraction of sp³-hybridized carbons (Fsp3) is 0.455. The van der Waals surface area contributed by atoms with Crippen molar-refractivity contribution in [1.82, 2.24) is 10.3 Å². The van der Waals surface area contributed by atoms with Gasteiger partial charge in [0.05, 0.1) is 5.92 Å². The Kier molecular flexibility index (Phi) is 5.22. The molecule has 1 aromatic rings. The first-order valence-electron chi connectivity index (χ1n) is 5.20. The number of esters is 1. The smallest absolute Gasteiger partial charge is 0.315 e. The summed E-state index contributed by atoms with van der Waals surface area (Å²) in [5.41, 5.74) is 0. The van der Waals surface area contributed by atoms with Crippen molar-refractivity contribution in [2.75, 3.05) is 13.1 Å². The molecule has 1 aliphatic heterocycles. The molecule has 2 heterocycles. The highest BCUT2D eigenvalue weighted by Gasteiger charge is 2.22. The maximum atomic E-state index is 11.7. The summed E-state index contributed by atoms with van der Waals surface area (Å²) in [5.74, 6) is 0.254. The van der Waals surface area contributed by atoms with E-state index in [-0.39, 0.29) is 24.3 Å². The molecular weight excluding hydrogens is 228 g/mol. The lowest BCUT2D eigenvalue weighted by molar-refractivity contribution is -0.140. The summed E-state index contributed by atoms with van der Waals surface area (Å²) in [5, 5.41) is 3.21. The van der Waals surface area contributed by atoms with E-state index in [0.717, 1.165) is 25.9 Å². The minimum absolute atomic E-state index is 0. The average Bonchev–Trinajstić information content (AvgIpc) is 2.31. The molecule has 0 amide bonds. The van der Waals surface area contributed by atoms with Gasteiger partial charge in [-0.1, -0.05) is 6.07 Å². The number of halogens is 1. The maximum Gasteiger partial charge on any atom is 0.315 e. The monoisotopic (exact) mass is 242 g/mol. The topological polar surface area (TPSA) is 51.2 Å². The zero-order chi connectivity index (χ0) is 10.5. The van der Waals surface area contributed by atoms with Gasteiger partial charge in [-0.2, -0.15) is 0 Å². The Morgan fingerprint density at radius 1 is 1.38 bits per heavy atom. The van der Waals surface area contributed by atoms with Crippen molar-refractivity contribution in [2.45, 2.75) is 12.8 Å². The first-order valence-corrected chi connectivity index (χ1v) is 5.20. The third-order valence-corrected chi connectivity index (χ3v) is 2.52. The summed E-state index contributed by atoms with van der Waals surface area (Å²) < 4.78 is 5.18. The van der Waals surface area contributed by atoms with Gasteiger partial charge in [0, 0.05) is 12.3 Å². The highest BCUT2D eigenvalue weighted by molar-refractivity contribution is 5.85. The Labute approximate surface area is 101 Å². The minimum atomic E-state index is -0.157. The van der Waals surface area contributed by atoms with E-state index in [1.54, 1.807) is 24.4 Å². The third-order valence-electron chi connectivity index (χ3n) is 2.52. The Morgan fingerprint density at radius 3 is 2.75 bits per heavy atom. The Hall–Kier alpha value is -1.13. The van der Waals surface area contributed by atoms with Gasteiger partial charge in [-0.15, -0.1) is 12.4 Å². The number of piperidine rings is 1. The van der Waals surface area contributed by atoms with Gasteiger partial charge in [0.2, 0.25) is 5.88 Å². The zero-order valence-electron chi connectivity index (χ0n) is 8.89. The van der Waals surface area contributed by atoms with Gasteiger partial charge in [0.25, 0.3) is 0 Å². The van der Waals surface area contributed by atoms with Crippen LogP contribution < -0.4 is 10.1 Å². The Morgan fingerprint density at radius 2 is 2.12 bits per heavy atom. The molecule has 1 fully saturated rings. The summed E-state index contributed by atoms with van der Waals surface area (Å²) in [6.45, 7) is 1.78. The number of pyridine rings is 1. The van der Waals surface area contributed by atoms with Crippen LogP contribution in [-0.2, 0) is 4.79 Å². The lowest BCUT2D eigenvalue weighted by Gasteiger charge is -2.20. The SMILES string of the molecule is Cl.O=C(Oc1ccccn1)C1CCNCC1. The van der Waals surface area contributed by atoms with Crippen LogP contribution in [0.2, 0.25) is 0 Å². The molecule has 0 bridgehead atoms. The summed E-state index contributed by atoms with van der Waals surface area (Å²) in [6, 6.07) is 5.29. The molecule has 0 atom stereocenters. The van der Waals surface area contributed by atoms with E-state index in [2.05, 4.69) is 10.3 Å². The van der Waals surface area contributed by atoms with E-state index in [9.17, 15) is 4.79 Å². The fourth-order valence-corrected chi connectivity index (χ4v) is 1.65. The summed E-state index contributed by atoms with van der Waals surface area (Å²) in [4.78, 5) is 15.6. The number of carbonyl (C=O) groups excluding carboxylic acids is 1. The summed E-state index contributed by atoms with van der Waals surface area (Å²) >= 11 is 0. The van der Waals surface area contributed by atoms with Crippen LogP contribution in [0.25, 0.3) is 0 Å². The number of hydrogen-bond donors (Lipinski definition) is 1. The zero-order valence-corrected chi connectivity index (χ0v) is 9.70. The van der Waals surface area contributed by atoms with Gasteiger partial charge in [0.15, 0.2) is 0 Å². The predicted molar refractivity (Wildman–Crippen MR) is 62.7 cm³/mol. The standard InChI is InChI=1S/C11H14N2O2.ClH/c14-11(9-4-7-12-8-5-9)15-10-3-1-2-6-13-10;/h1-3,6,9,12H,4-5,7-8H2;1H. The van der Waals surface area contributed by atoms with Crippen LogP contribution in [0.1, 0.15) is 12.8 Å². The number of carbonyl (C=O) groups is 1. The maximum absolute atomic E-state index is 11.7. The molecule has 16 heavy (non-hydrogen) atoms. The van der Waals surface area contributed by atoms with Crippen molar-refractivity contribution in [2.24, 2.45) is 5.92 Å². The van der Waals surface area contributed by atoms with E-state index < -0.39 is 0 Å². The van der Waals surface area contributed by atoms with Gasteiger partial charge in [-0.05, 0) is 32.0 Å². The van der Waals surface area contributed by atoms with Gasteiger partial charge in [-0.25, -0.2) is 4.98 Å². The molecule has 0 radical (unpaired) electrons. The van der Waals surface area contributed by atoms with Crippen molar-refractivity contribution in [3.63, 3.8) is 0 Å². The molecule has 0 aromatic carbocycles. The number of rotatable bonds is 2. The molecule has 4 nitrogen and oxygen atoms in total. The van der Waals surface area contributed by atoms with Crippen molar-refractivity contribution in [1.29, 1.82) is 0 Å². The molecule has 2 rings (SSSR count). The van der Waals surface area contributed by atoms with Gasteiger partial charge in [-0.3, -0.25) is 4.79 Å². The van der Waals surface area contributed by atoms with E-state index in [4.69, 9.17) is 4.74 Å². The molecule has 1 N–H and O–H groups in total. The van der Waals surface area contributed by atoms with E-state index in [1.165, 1.54) is 0 Å². The number of aromatic nitrogens is 1. The summed E-state index contributed by atoms with van der Waals surface area (Å²) in [6.07, 6.45) is 3.32. The molecule has 0 spiro atoms. The van der Waals surface area contributed by atoms with E-state index in [1.807, 2.05) is 0 Å². The lowest BCUT2D eigenvalue weighted by Crippen LogP contribution is -2.33. The third kappa shape index (κ3) is 3.47. The largest absolute Gasteiger partial charge is 0.407 e. The first-order chi connectivity index (χ1) is 7.36. The molecule has 1 aromatic heterocycles. The fourth-order valence-electron chi connectivity index (χ4n) is 1.65. The van der Waals surface area contributed by atoms with Crippen molar-refractivity contribution in [3.8, 4) is 5.88 Å². The minimum Gasteiger partial charge on any atom is -0.407 e. The number of nitrogens with one attached hydrogen (secondary N) is 1. The van der Waals surface area contributed by atoms with Gasteiger partial charge < -0.3 is 10.1 Å². The molecule has 0 aliphatic carbocycles. The molecular formula is C11H15ClN2O2. The average molecular weight is 243 g/mol. The highest BCUT2D eigenvalue weighted by Crippen LogP contribution is 2.15. The quantitative estimate of drug-likeness (QED) is 0.797. The van der Waals surface area contributed by atoms with Crippen LogP contribution in [0.3, 0.4) is 0 Å². The molecule has 5 heteroatoms. The predicted octanol–water partition coefficient (Wildman–Crippen LogP) is 1.41. The van der Waals surface area contributed by atoms with Gasteiger partial charge >= 0.3 is 5.97 Å². The van der Waals surface area contributed by atoms with Crippen LogP contribution in [-0.4, -0.2) is 24.0 Å². The van der Waals surface area contributed by atoms with Crippen LogP contribution in [0.5, 0.6) is 5.88 Å². The second kappa shape index (κ2) is 6.45. The first kappa shape index (κ1) is 12.9.